The number of hydrogen-bond acceptors (Lipinski definition) is 4. The number of halogens is 1. The Labute approximate surface area is 131 Å². The van der Waals surface area contributed by atoms with Crippen LogP contribution < -0.4 is 9.44 Å². The van der Waals surface area contributed by atoms with Gasteiger partial charge < -0.3 is 0 Å². The van der Waals surface area contributed by atoms with E-state index in [0.717, 1.165) is 0 Å². The van der Waals surface area contributed by atoms with E-state index in [2.05, 4.69) is 9.44 Å². The zero-order valence-electron chi connectivity index (χ0n) is 11.8. The minimum atomic E-state index is -3.47. The third kappa shape index (κ3) is 6.54. The Hall–Kier alpha value is -0.990. The molecule has 0 aromatic heterocycles. The summed E-state index contributed by atoms with van der Waals surface area (Å²) in [5.41, 5.74) is 0.755. The minimum Gasteiger partial charge on any atom is -0.284 e. The predicted molar refractivity (Wildman–Crippen MR) is 86.8 cm³/mol. The van der Waals surface area contributed by atoms with Crippen LogP contribution >= 0.6 is 11.6 Å². The molecule has 1 atom stereocenters. The molecule has 9 heteroatoms. The molecule has 0 saturated heterocycles. The number of rotatable bonds is 8. The molecular weight excluding hydrogens is 336 g/mol. The van der Waals surface area contributed by atoms with Crippen molar-refractivity contribution in [3.63, 3.8) is 0 Å². The molecule has 0 aliphatic rings. The second-order valence-corrected chi connectivity index (χ2v) is 8.81. The molecule has 1 aromatic rings. The topological polar surface area (TPSA) is 92.3 Å². The first-order valence-electron chi connectivity index (χ1n) is 6.34. The largest absolute Gasteiger partial charge is 0.284 e. The van der Waals surface area contributed by atoms with Gasteiger partial charge in [0.15, 0.2) is 0 Å². The Morgan fingerprint density at radius 3 is 1.81 bits per heavy atom. The molecule has 2 N–H and O–H groups in total. The highest BCUT2D eigenvalue weighted by atomic mass is 35.5. The fourth-order valence-corrected chi connectivity index (χ4v) is 3.82. The fraction of sp³-hybridized carbons (Fsp3) is 0.500. The molecule has 1 rings (SSSR count). The Kier molecular flexibility index (Phi) is 6.30. The lowest BCUT2D eigenvalue weighted by Gasteiger charge is -2.12. The van der Waals surface area contributed by atoms with Crippen LogP contribution in [0.15, 0.2) is 24.3 Å². The predicted octanol–water partition coefficient (Wildman–Crippen LogP) is 2.06. The molecule has 1 unspecified atom stereocenters. The molecule has 0 saturated carbocycles. The van der Waals surface area contributed by atoms with Crippen molar-refractivity contribution < 1.29 is 16.8 Å². The quantitative estimate of drug-likeness (QED) is 0.699. The van der Waals surface area contributed by atoms with Gasteiger partial charge in [-0.1, -0.05) is 6.92 Å². The number of nitrogens with one attached hydrogen (secondary N) is 2. The maximum atomic E-state index is 11.8. The van der Waals surface area contributed by atoms with Crippen LogP contribution in [-0.2, 0) is 20.0 Å². The van der Waals surface area contributed by atoms with Gasteiger partial charge >= 0.3 is 0 Å². The van der Waals surface area contributed by atoms with Gasteiger partial charge in [0.1, 0.15) is 0 Å². The molecule has 0 aliphatic carbocycles. The Morgan fingerprint density at radius 1 is 1.00 bits per heavy atom. The summed E-state index contributed by atoms with van der Waals surface area (Å²) in [5, 5.41) is 0. The van der Waals surface area contributed by atoms with Crippen molar-refractivity contribution in [1.29, 1.82) is 0 Å². The van der Waals surface area contributed by atoms with Crippen molar-refractivity contribution in [1.82, 2.24) is 0 Å². The SMILES string of the molecule is CCS(=O)(=O)Nc1ccc(NS(=O)(=O)CC(C)CCl)cc1. The van der Waals surface area contributed by atoms with Crippen LogP contribution in [-0.4, -0.2) is 34.2 Å². The monoisotopic (exact) mass is 354 g/mol. The van der Waals surface area contributed by atoms with Gasteiger partial charge in [0.2, 0.25) is 20.0 Å². The Balaban J connectivity index is 2.75. The number of anilines is 2. The smallest absolute Gasteiger partial charge is 0.233 e. The molecule has 0 spiro atoms. The molecule has 6 nitrogen and oxygen atoms in total. The summed E-state index contributed by atoms with van der Waals surface area (Å²) in [6, 6.07) is 5.99. The average Bonchev–Trinajstić information content (AvgIpc) is 2.39. The van der Waals surface area contributed by atoms with Gasteiger partial charge in [0.05, 0.1) is 11.5 Å². The van der Waals surface area contributed by atoms with Crippen molar-refractivity contribution in [3.05, 3.63) is 24.3 Å². The molecule has 0 fully saturated rings. The van der Waals surface area contributed by atoms with Crippen molar-refractivity contribution >= 4 is 43.0 Å². The van der Waals surface area contributed by atoms with Crippen molar-refractivity contribution in [2.24, 2.45) is 5.92 Å². The van der Waals surface area contributed by atoms with E-state index in [4.69, 9.17) is 11.6 Å². The summed E-state index contributed by atoms with van der Waals surface area (Å²) in [6.07, 6.45) is 0. The van der Waals surface area contributed by atoms with E-state index in [1.165, 1.54) is 31.2 Å². The molecule has 0 aliphatic heterocycles. The van der Waals surface area contributed by atoms with Gasteiger partial charge in [-0.2, -0.15) is 0 Å². The van der Waals surface area contributed by atoms with E-state index in [1.807, 2.05) is 0 Å². The zero-order valence-corrected chi connectivity index (χ0v) is 14.2. The Morgan fingerprint density at radius 2 is 1.43 bits per heavy atom. The van der Waals surface area contributed by atoms with E-state index in [9.17, 15) is 16.8 Å². The molecule has 0 heterocycles. The van der Waals surface area contributed by atoms with Gasteiger partial charge in [-0.15, -0.1) is 11.6 Å². The van der Waals surface area contributed by atoms with Gasteiger partial charge in [0.25, 0.3) is 0 Å². The van der Waals surface area contributed by atoms with Crippen LogP contribution in [0.4, 0.5) is 11.4 Å². The maximum absolute atomic E-state index is 11.8. The summed E-state index contributed by atoms with van der Waals surface area (Å²) in [4.78, 5) is 0. The summed E-state index contributed by atoms with van der Waals surface area (Å²) < 4.78 is 51.3. The minimum absolute atomic E-state index is 0.0301. The molecule has 0 radical (unpaired) electrons. The van der Waals surface area contributed by atoms with Gasteiger partial charge in [-0.25, -0.2) is 16.8 Å². The highest BCUT2D eigenvalue weighted by molar-refractivity contribution is 7.92. The highest BCUT2D eigenvalue weighted by Gasteiger charge is 2.15. The summed E-state index contributed by atoms with van der Waals surface area (Å²) >= 11 is 5.60. The molecule has 120 valence electrons. The second-order valence-electron chi connectivity index (χ2n) is 4.73. The molecule has 0 bridgehead atoms. The normalized spacial score (nSPS) is 13.7. The lowest BCUT2D eigenvalue weighted by atomic mass is 10.3. The fourth-order valence-electron chi connectivity index (χ4n) is 1.50. The number of sulfonamides is 2. The summed E-state index contributed by atoms with van der Waals surface area (Å²) in [5.74, 6) is 0.0108. The first-order chi connectivity index (χ1) is 9.67. The van der Waals surface area contributed by atoms with E-state index < -0.39 is 20.0 Å². The highest BCUT2D eigenvalue weighted by Crippen LogP contribution is 2.17. The molecular formula is C12H19ClN2O4S2. The van der Waals surface area contributed by atoms with Gasteiger partial charge in [0, 0.05) is 17.3 Å². The van der Waals surface area contributed by atoms with Gasteiger partial charge in [-0.3, -0.25) is 9.44 Å². The molecule has 0 amide bonds. The lowest BCUT2D eigenvalue weighted by Crippen LogP contribution is -2.22. The molecule has 1 aromatic carbocycles. The molecule has 21 heavy (non-hydrogen) atoms. The van der Waals surface area contributed by atoms with Crippen LogP contribution in [0.3, 0.4) is 0 Å². The van der Waals surface area contributed by atoms with Crippen molar-refractivity contribution in [2.75, 3.05) is 26.8 Å². The standard InChI is InChI=1S/C12H19ClN2O4S2/c1-3-20(16,17)14-11-4-6-12(7-5-11)15-21(18,19)9-10(2)8-13/h4-7,10,14-15H,3,8-9H2,1-2H3. The summed E-state index contributed by atoms with van der Waals surface area (Å²) in [7, 11) is -6.81. The average molecular weight is 355 g/mol. The van der Waals surface area contributed by atoms with E-state index in [0.29, 0.717) is 11.4 Å². The third-order valence-corrected chi connectivity index (χ3v) is 5.97. The van der Waals surface area contributed by atoms with Crippen LogP contribution in [0.2, 0.25) is 0 Å². The first-order valence-corrected chi connectivity index (χ1v) is 10.2. The van der Waals surface area contributed by atoms with Crippen LogP contribution in [0.5, 0.6) is 0 Å². The third-order valence-electron chi connectivity index (χ3n) is 2.58. The number of benzene rings is 1. The second kappa shape index (κ2) is 7.33. The van der Waals surface area contributed by atoms with Crippen LogP contribution in [0.25, 0.3) is 0 Å². The zero-order chi connectivity index (χ0) is 16.1. The first kappa shape index (κ1) is 18.1. The van der Waals surface area contributed by atoms with Crippen molar-refractivity contribution in [3.8, 4) is 0 Å². The Bertz CT molecular complexity index is 657. The summed E-state index contributed by atoms with van der Waals surface area (Å²) in [6.45, 7) is 3.28. The van der Waals surface area contributed by atoms with Crippen molar-refractivity contribution in [2.45, 2.75) is 13.8 Å². The number of hydrogen-bond donors (Lipinski definition) is 2. The van der Waals surface area contributed by atoms with Crippen LogP contribution in [0.1, 0.15) is 13.8 Å². The van der Waals surface area contributed by atoms with E-state index >= 15 is 0 Å². The van der Waals surface area contributed by atoms with E-state index in [1.54, 1.807) is 6.92 Å². The van der Waals surface area contributed by atoms with E-state index in [-0.39, 0.29) is 23.3 Å². The maximum Gasteiger partial charge on any atom is 0.233 e. The lowest BCUT2D eigenvalue weighted by molar-refractivity contribution is 0.588. The van der Waals surface area contributed by atoms with Crippen LogP contribution in [0, 0.1) is 5.92 Å². The number of alkyl halides is 1. The van der Waals surface area contributed by atoms with Gasteiger partial charge in [-0.05, 0) is 37.1 Å².